The minimum Gasteiger partial charge on any atom is -0.480 e. The largest absolute Gasteiger partial charge is 0.480 e. The predicted octanol–water partition coefficient (Wildman–Crippen LogP) is 0.698. The highest BCUT2D eigenvalue weighted by Gasteiger charge is 2.36. The molecule has 0 heterocycles. The maximum Gasteiger partial charge on any atom is 0.323 e. The number of amides is 2. The van der Waals surface area contributed by atoms with Crippen LogP contribution < -0.4 is 0 Å². The van der Waals surface area contributed by atoms with Gasteiger partial charge in [0.2, 0.25) is 0 Å². The molecular formula is C12H20N2O5. The molecule has 7 heteroatoms. The second kappa shape index (κ2) is 6.40. The summed E-state index contributed by atoms with van der Waals surface area (Å²) in [6.07, 6.45) is 1.79. The minimum absolute atomic E-state index is 0.125. The second-order valence-electron chi connectivity index (χ2n) is 5.20. The van der Waals surface area contributed by atoms with E-state index >= 15 is 0 Å². The molecule has 0 aliphatic heterocycles. The van der Waals surface area contributed by atoms with Gasteiger partial charge in [-0.2, -0.15) is 0 Å². The first kappa shape index (κ1) is 15.3. The summed E-state index contributed by atoms with van der Waals surface area (Å²) in [5.74, 6) is -2.18. The van der Waals surface area contributed by atoms with E-state index in [1.165, 1.54) is 0 Å². The molecule has 7 nitrogen and oxygen atoms in total. The summed E-state index contributed by atoms with van der Waals surface area (Å²) in [6, 6.07) is -0.374. The molecule has 1 fully saturated rings. The number of carbonyl (C=O) groups excluding carboxylic acids is 1. The van der Waals surface area contributed by atoms with Crippen LogP contribution in [0, 0.1) is 5.92 Å². The molecule has 0 aromatic heterocycles. The number of carboxylic acid groups (broad SMARTS) is 2. The van der Waals surface area contributed by atoms with Crippen LogP contribution in [0.1, 0.15) is 26.7 Å². The van der Waals surface area contributed by atoms with E-state index in [0.717, 1.165) is 17.7 Å². The molecule has 1 saturated carbocycles. The fourth-order valence-electron chi connectivity index (χ4n) is 1.86. The molecular weight excluding hydrogens is 252 g/mol. The molecule has 0 radical (unpaired) electrons. The summed E-state index contributed by atoms with van der Waals surface area (Å²) in [6.45, 7) is 3.25. The van der Waals surface area contributed by atoms with E-state index in [4.69, 9.17) is 10.2 Å². The lowest BCUT2D eigenvalue weighted by molar-refractivity contribution is -0.140. The van der Waals surface area contributed by atoms with Crippen molar-refractivity contribution in [2.75, 3.05) is 19.6 Å². The standard InChI is InChI=1S/C12H20N2O5/c1-8(2)5-14(9-3-4-9)12(19)13(6-10(15)16)7-11(17)18/h8-9H,3-7H2,1-2H3,(H,15,16)(H,17,18). The van der Waals surface area contributed by atoms with Crippen molar-refractivity contribution in [2.45, 2.75) is 32.7 Å². The van der Waals surface area contributed by atoms with Crippen molar-refractivity contribution in [2.24, 2.45) is 5.92 Å². The Morgan fingerprint density at radius 2 is 1.58 bits per heavy atom. The van der Waals surface area contributed by atoms with Gasteiger partial charge in [0, 0.05) is 12.6 Å². The Labute approximate surface area is 111 Å². The number of carbonyl (C=O) groups is 3. The van der Waals surface area contributed by atoms with Crippen LogP contribution in [0.5, 0.6) is 0 Å². The van der Waals surface area contributed by atoms with Crippen LogP contribution >= 0.6 is 0 Å². The van der Waals surface area contributed by atoms with E-state index in [9.17, 15) is 14.4 Å². The van der Waals surface area contributed by atoms with Gasteiger partial charge in [0.1, 0.15) is 13.1 Å². The van der Waals surface area contributed by atoms with Gasteiger partial charge in [-0.25, -0.2) is 4.79 Å². The molecule has 0 spiro atoms. The zero-order valence-corrected chi connectivity index (χ0v) is 11.2. The van der Waals surface area contributed by atoms with E-state index in [1.807, 2.05) is 13.8 Å². The smallest absolute Gasteiger partial charge is 0.323 e. The highest BCUT2D eigenvalue weighted by atomic mass is 16.4. The Hall–Kier alpha value is -1.79. The van der Waals surface area contributed by atoms with Gasteiger partial charge in [0.25, 0.3) is 0 Å². The van der Waals surface area contributed by atoms with E-state index in [-0.39, 0.29) is 12.0 Å². The van der Waals surface area contributed by atoms with Gasteiger partial charge in [0.15, 0.2) is 0 Å². The lowest BCUT2D eigenvalue weighted by Gasteiger charge is -2.30. The van der Waals surface area contributed by atoms with E-state index < -0.39 is 31.1 Å². The summed E-state index contributed by atoms with van der Waals surface area (Å²) in [5.41, 5.74) is 0. The fourth-order valence-corrected chi connectivity index (χ4v) is 1.86. The lowest BCUT2D eigenvalue weighted by atomic mass is 10.2. The average Bonchev–Trinajstić information content (AvgIpc) is 3.06. The van der Waals surface area contributed by atoms with Crippen molar-refractivity contribution in [3.8, 4) is 0 Å². The molecule has 2 N–H and O–H groups in total. The predicted molar refractivity (Wildman–Crippen MR) is 66.8 cm³/mol. The van der Waals surface area contributed by atoms with Crippen molar-refractivity contribution in [1.29, 1.82) is 0 Å². The maximum atomic E-state index is 12.3. The zero-order valence-electron chi connectivity index (χ0n) is 11.2. The van der Waals surface area contributed by atoms with E-state index in [0.29, 0.717) is 6.54 Å². The van der Waals surface area contributed by atoms with Gasteiger partial charge >= 0.3 is 18.0 Å². The topological polar surface area (TPSA) is 98.2 Å². The Kier molecular flexibility index (Phi) is 5.14. The maximum absolute atomic E-state index is 12.3. The van der Waals surface area contributed by atoms with Crippen molar-refractivity contribution < 1.29 is 24.6 Å². The quantitative estimate of drug-likeness (QED) is 0.710. The van der Waals surface area contributed by atoms with Crippen molar-refractivity contribution in [3.63, 3.8) is 0 Å². The molecule has 0 saturated heterocycles. The fraction of sp³-hybridized carbons (Fsp3) is 0.750. The Balaban J connectivity index is 2.75. The molecule has 0 aromatic carbocycles. The molecule has 0 atom stereocenters. The van der Waals surface area contributed by atoms with Crippen molar-refractivity contribution >= 4 is 18.0 Å². The molecule has 19 heavy (non-hydrogen) atoms. The third-order valence-corrected chi connectivity index (χ3v) is 2.72. The van der Waals surface area contributed by atoms with E-state index in [1.54, 1.807) is 4.90 Å². The Morgan fingerprint density at radius 1 is 1.11 bits per heavy atom. The van der Waals surface area contributed by atoms with Crippen molar-refractivity contribution in [3.05, 3.63) is 0 Å². The van der Waals surface area contributed by atoms with Crippen LogP contribution in [0.4, 0.5) is 4.79 Å². The summed E-state index contributed by atoms with van der Waals surface area (Å²) in [7, 11) is 0. The number of carboxylic acids is 2. The molecule has 1 rings (SSSR count). The zero-order chi connectivity index (χ0) is 14.6. The van der Waals surface area contributed by atoms with E-state index in [2.05, 4.69) is 0 Å². The van der Waals surface area contributed by atoms with Crippen LogP contribution in [-0.4, -0.2) is 63.7 Å². The summed E-state index contributed by atoms with van der Waals surface area (Å²) in [4.78, 5) is 36.2. The SMILES string of the molecule is CC(C)CN(C(=O)N(CC(=O)O)CC(=O)O)C1CC1. The van der Waals surface area contributed by atoms with Crippen molar-refractivity contribution in [1.82, 2.24) is 9.80 Å². The monoisotopic (exact) mass is 272 g/mol. The Morgan fingerprint density at radius 3 is 1.89 bits per heavy atom. The highest BCUT2D eigenvalue weighted by molar-refractivity contribution is 5.84. The first-order valence-corrected chi connectivity index (χ1v) is 6.30. The van der Waals surface area contributed by atoms with Gasteiger partial charge in [0.05, 0.1) is 0 Å². The normalized spacial score (nSPS) is 14.3. The summed E-state index contributed by atoms with van der Waals surface area (Å²) in [5, 5.41) is 17.5. The molecule has 2 amide bonds. The van der Waals surface area contributed by atoms with Gasteiger partial charge in [-0.05, 0) is 18.8 Å². The van der Waals surface area contributed by atoms with Crippen LogP contribution in [-0.2, 0) is 9.59 Å². The number of hydrogen-bond donors (Lipinski definition) is 2. The molecule has 0 unspecified atom stereocenters. The van der Waals surface area contributed by atoms with Gasteiger partial charge < -0.3 is 20.0 Å². The van der Waals surface area contributed by atoms with Gasteiger partial charge in [-0.1, -0.05) is 13.8 Å². The lowest BCUT2D eigenvalue weighted by Crippen LogP contribution is -2.49. The number of rotatable bonds is 7. The van der Waals surface area contributed by atoms with Gasteiger partial charge in [-0.3, -0.25) is 9.59 Å². The minimum atomic E-state index is -1.21. The highest BCUT2D eigenvalue weighted by Crippen LogP contribution is 2.28. The second-order valence-corrected chi connectivity index (χ2v) is 5.20. The average molecular weight is 272 g/mol. The molecule has 108 valence electrons. The molecule has 1 aliphatic carbocycles. The first-order valence-electron chi connectivity index (χ1n) is 6.30. The summed E-state index contributed by atoms with van der Waals surface area (Å²) >= 11 is 0. The molecule has 1 aliphatic rings. The third-order valence-electron chi connectivity index (χ3n) is 2.72. The Bertz CT molecular complexity index is 349. The molecule has 0 aromatic rings. The third kappa shape index (κ3) is 5.15. The number of nitrogens with zero attached hydrogens (tertiary/aromatic N) is 2. The number of aliphatic carboxylic acids is 2. The molecule has 0 bridgehead atoms. The van der Waals surface area contributed by atoms with Gasteiger partial charge in [-0.15, -0.1) is 0 Å². The first-order chi connectivity index (χ1) is 8.81. The van der Waals surface area contributed by atoms with Crippen LogP contribution in [0.25, 0.3) is 0 Å². The number of hydrogen-bond acceptors (Lipinski definition) is 3. The van der Waals surface area contributed by atoms with Crippen LogP contribution in [0.3, 0.4) is 0 Å². The van der Waals surface area contributed by atoms with Crippen LogP contribution in [0.2, 0.25) is 0 Å². The van der Waals surface area contributed by atoms with Crippen LogP contribution in [0.15, 0.2) is 0 Å². The summed E-state index contributed by atoms with van der Waals surface area (Å²) < 4.78 is 0. The number of urea groups is 1.